The lowest BCUT2D eigenvalue weighted by Crippen LogP contribution is -2.36. The van der Waals surface area contributed by atoms with Gasteiger partial charge in [-0.1, -0.05) is 39.5 Å². The molecule has 2 fully saturated rings. The number of carbonyl (C=O) groups excluding carboxylic acids is 2. The second-order valence-corrected chi connectivity index (χ2v) is 5.95. The van der Waals surface area contributed by atoms with Crippen LogP contribution in [-0.2, 0) is 9.59 Å². The third-order valence-corrected chi connectivity index (χ3v) is 5.08. The molecule has 2 amide bonds. The predicted molar refractivity (Wildman–Crippen MR) is 70.9 cm³/mol. The van der Waals surface area contributed by atoms with Gasteiger partial charge in [-0.15, -0.1) is 0 Å². The molecule has 0 aromatic rings. The molecule has 102 valence electrons. The summed E-state index contributed by atoms with van der Waals surface area (Å²) in [4.78, 5) is 26.0. The predicted octanol–water partition coefficient (Wildman–Crippen LogP) is 3.13. The van der Waals surface area contributed by atoms with Crippen LogP contribution in [0, 0.1) is 11.3 Å². The molecule has 3 nitrogen and oxygen atoms in total. The van der Waals surface area contributed by atoms with Crippen LogP contribution in [0.15, 0.2) is 0 Å². The van der Waals surface area contributed by atoms with Gasteiger partial charge in [0.15, 0.2) is 0 Å². The van der Waals surface area contributed by atoms with Gasteiger partial charge < -0.3 is 0 Å². The first-order valence-corrected chi connectivity index (χ1v) is 7.47. The summed E-state index contributed by atoms with van der Waals surface area (Å²) in [5, 5.41) is 0. The Bertz CT molecular complexity index is 327. The van der Waals surface area contributed by atoms with Crippen LogP contribution in [0.5, 0.6) is 0 Å². The van der Waals surface area contributed by atoms with Gasteiger partial charge in [-0.25, -0.2) is 0 Å². The average Bonchev–Trinajstić information content (AvgIpc) is 2.96. The normalized spacial score (nSPS) is 24.2. The van der Waals surface area contributed by atoms with E-state index in [-0.39, 0.29) is 17.2 Å². The van der Waals surface area contributed by atoms with Gasteiger partial charge in [-0.3, -0.25) is 14.5 Å². The van der Waals surface area contributed by atoms with Crippen LogP contribution in [0.2, 0.25) is 0 Å². The van der Waals surface area contributed by atoms with Crippen molar-refractivity contribution >= 4 is 11.8 Å². The Morgan fingerprint density at radius 1 is 1.17 bits per heavy atom. The largest absolute Gasteiger partial charge is 0.282 e. The zero-order valence-corrected chi connectivity index (χ0v) is 11.7. The number of nitrogens with zero attached hydrogens (tertiary/aromatic N) is 1. The molecule has 1 saturated carbocycles. The summed E-state index contributed by atoms with van der Waals surface area (Å²) in [6.07, 6.45) is 8.22. The van der Waals surface area contributed by atoms with Gasteiger partial charge in [0.2, 0.25) is 11.8 Å². The fraction of sp³-hybridized carbons (Fsp3) is 0.867. The van der Waals surface area contributed by atoms with Crippen molar-refractivity contribution in [2.45, 2.75) is 65.2 Å². The van der Waals surface area contributed by atoms with Gasteiger partial charge >= 0.3 is 0 Å². The van der Waals surface area contributed by atoms with Crippen LogP contribution in [-0.4, -0.2) is 23.3 Å². The Kier molecular flexibility index (Phi) is 4.08. The van der Waals surface area contributed by atoms with Crippen molar-refractivity contribution in [3.05, 3.63) is 0 Å². The average molecular weight is 251 g/mol. The van der Waals surface area contributed by atoms with Gasteiger partial charge in [0.1, 0.15) is 0 Å². The Morgan fingerprint density at radius 2 is 1.78 bits per heavy atom. The molecule has 0 atom stereocenters. The van der Waals surface area contributed by atoms with Gasteiger partial charge in [0.05, 0.1) is 5.41 Å². The van der Waals surface area contributed by atoms with Crippen LogP contribution >= 0.6 is 0 Å². The molecular formula is C15H25NO2. The van der Waals surface area contributed by atoms with Crippen LogP contribution in [0.3, 0.4) is 0 Å². The lowest BCUT2D eigenvalue weighted by Gasteiger charge is -2.24. The third-order valence-electron chi connectivity index (χ3n) is 5.08. The van der Waals surface area contributed by atoms with Crippen molar-refractivity contribution in [3.63, 3.8) is 0 Å². The summed E-state index contributed by atoms with van der Waals surface area (Å²) in [6.45, 7) is 4.70. The molecule has 1 aliphatic carbocycles. The smallest absolute Gasteiger partial charge is 0.235 e. The zero-order chi connectivity index (χ0) is 13.2. The van der Waals surface area contributed by atoms with E-state index < -0.39 is 0 Å². The van der Waals surface area contributed by atoms with E-state index >= 15 is 0 Å². The fourth-order valence-corrected chi connectivity index (χ4v) is 3.50. The van der Waals surface area contributed by atoms with Crippen LogP contribution < -0.4 is 0 Å². The van der Waals surface area contributed by atoms with E-state index in [1.54, 1.807) is 4.90 Å². The second-order valence-electron chi connectivity index (χ2n) is 5.95. The van der Waals surface area contributed by atoms with Gasteiger partial charge in [-0.05, 0) is 25.2 Å². The first-order valence-electron chi connectivity index (χ1n) is 7.47. The quantitative estimate of drug-likeness (QED) is 0.704. The Balaban J connectivity index is 1.96. The Morgan fingerprint density at radius 3 is 2.28 bits per heavy atom. The summed E-state index contributed by atoms with van der Waals surface area (Å²) < 4.78 is 0. The summed E-state index contributed by atoms with van der Waals surface area (Å²) >= 11 is 0. The molecule has 2 rings (SSSR count). The first-order chi connectivity index (χ1) is 8.63. The molecule has 0 bridgehead atoms. The lowest BCUT2D eigenvalue weighted by molar-refractivity contribution is -0.141. The molecule has 0 unspecified atom stereocenters. The zero-order valence-electron chi connectivity index (χ0n) is 11.7. The number of carbonyl (C=O) groups is 2. The number of hydrogen-bond acceptors (Lipinski definition) is 2. The maximum absolute atomic E-state index is 12.4. The molecule has 0 aromatic carbocycles. The lowest BCUT2D eigenvalue weighted by atomic mass is 9.81. The molecule has 0 N–H and O–H groups in total. The highest BCUT2D eigenvalue weighted by molar-refractivity contribution is 6.05. The number of amides is 2. The summed E-state index contributed by atoms with van der Waals surface area (Å²) in [5.74, 6) is 0.890. The van der Waals surface area contributed by atoms with Crippen molar-refractivity contribution in [1.82, 2.24) is 4.90 Å². The standard InChI is InChI=1S/C15H25NO2/c1-3-15(4-2)11-13(17)16(14(15)18)10-9-12-7-5-6-8-12/h12H,3-11H2,1-2H3. The Labute approximate surface area is 110 Å². The SMILES string of the molecule is CCC1(CC)CC(=O)N(CCC2CCCC2)C1=O. The van der Waals surface area contributed by atoms with Crippen molar-refractivity contribution < 1.29 is 9.59 Å². The third kappa shape index (κ3) is 2.32. The maximum Gasteiger partial charge on any atom is 0.235 e. The highest BCUT2D eigenvalue weighted by Gasteiger charge is 2.48. The van der Waals surface area contributed by atoms with E-state index in [1.807, 2.05) is 13.8 Å². The number of rotatable bonds is 5. The van der Waals surface area contributed by atoms with E-state index in [4.69, 9.17) is 0 Å². The van der Waals surface area contributed by atoms with E-state index in [0.717, 1.165) is 25.2 Å². The minimum atomic E-state index is -0.382. The second kappa shape index (κ2) is 5.41. The maximum atomic E-state index is 12.4. The number of hydrogen-bond donors (Lipinski definition) is 0. The molecule has 0 spiro atoms. The highest BCUT2D eigenvalue weighted by atomic mass is 16.2. The number of likely N-dealkylation sites (tertiary alicyclic amines) is 1. The summed E-state index contributed by atoms with van der Waals surface area (Å²) in [6, 6.07) is 0. The minimum Gasteiger partial charge on any atom is -0.282 e. The van der Waals surface area contributed by atoms with Gasteiger partial charge in [0, 0.05) is 13.0 Å². The van der Waals surface area contributed by atoms with Gasteiger partial charge in [0.25, 0.3) is 0 Å². The molecule has 1 heterocycles. The van der Waals surface area contributed by atoms with E-state index in [9.17, 15) is 9.59 Å². The van der Waals surface area contributed by atoms with Crippen molar-refractivity contribution in [2.24, 2.45) is 11.3 Å². The highest BCUT2D eigenvalue weighted by Crippen LogP contribution is 2.39. The monoisotopic (exact) mass is 251 g/mol. The summed E-state index contributed by atoms with van der Waals surface area (Å²) in [7, 11) is 0. The van der Waals surface area contributed by atoms with Gasteiger partial charge in [-0.2, -0.15) is 0 Å². The summed E-state index contributed by atoms with van der Waals surface area (Å²) in [5.41, 5.74) is -0.382. The van der Waals surface area contributed by atoms with Crippen molar-refractivity contribution in [1.29, 1.82) is 0 Å². The van der Waals surface area contributed by atoms with Crippen LogP contribution in [0.25, 0.3) is 0 Å². The molecule has 2 aliphatic rings. The molecule has 3 heteroatoms. The molecule has 0 aromatic heterocycles. The minimum absolute atomic E-state index is 0.0571. The molecular weight excluding hydrogens is 226 g/mol. The van der Waals surface area contributed by atoms with Crippen LogP contribution in [0.4, 0.5) is 0 Å². The number of imide groups is 1. The topological polar surface area (TPSA) is 37.4 Å². The Hall–Kier alpha value is -0.860. The van der Waals surface area contributed by atoms with E-state index in [0.29, 0.717) is 13.0 Å². The van der Waals surface area contributed by atoms with Crippen molar-refractivity contribution in [2.75, 3.05) is 6.54 Å². The molecule has 0 radical (unpaired) electrons. The van der Waals surface area contributed by atoms with Crippen molar-refractivity contribution in [3.8, 4) is 0 Å². The van der Waals surface area contributed by atoms with E-state index in [1.165, 1.54) is 25.7 Å². The first kappa shape index (κ1) is 13.6. The molecule has 1 saturated heterocycles. The fourth-order valence-electron chi connectivity index (χ4n) is 3.50. The van der Waals surface area contributed by atoms with E-state index in [2.05, 4.69) is 0 Å². The molecule has 18 heavy (non-hydrogen) atoms. The molecule has 1 aliphatic heterocycles. The van der Waals surface area contributed by atoms with Crippen LogP contribution in [0.1, 0.15) is 65.2 Å².